The predicted octanol–water partition coefficient (Wildman–Crippen LogP) is 4.84. The van der Waals surface area contributed by atoms with Crippen molar-refractivity contribution in [2.75, 3.05) is 26.2 Å². The van der Waals surface area contributed by atoms with Crippen LogP contribution in [0.1, 0.15) is 89.9 Å². The van der Waals surface area contributed by atoms with Gasteiger partial charge in [0.1, 0.15) is 0 Å². The molecule has 0 aliphatic heterocycles. The van der Waals surface area contributed by atoms with Crippen LogP contribution in [-0.4, -0.2) is 58.7 Å². The van der Waals surface area contributed by atoms with Gasteiger partial charge >= 0.3 is 0 Å². The zero-order valence-corrected chi connectivity index (χ0v) is 18.2. The van der Waals surface area contributed by atoms with Crippen LogP contribution in [0.25, 0.3) is 0 Å². The summed E-state index contributed by atoms with van der Waals surface area (Å²) < 4.78 is 0. The minimum atomic E-state index is -0.378. The Morgan fingerprint density at radius 1 is 0.643 bits per heavy atom. The first-order valence-corrected chi connectivity index (χ1v) is 11.5. The van der Waals surface area contributed by atoms with Gasteiger partial charge in [-0.05, 0) is 38.5 Å². The number of aliphatic hydroxyl groups is 3. The van der Waals surface area contributed by atoms with Gasteiger partial charge in [0.25, 0.3) is 0 Å². The molecule has 28 heavy (non-hydrogen) atoms. The highest BCUT2D eigenvalue weighted by Gasteiger charge is 2.15. The fraction of sp³-hybridized carbons (Fsp3) is 0.833. The van der Waals surface area contributed by atoms with Gasteiger partial charge in [-0.3, -0.25) is 4.90 Å². The number of nitrogens with zero attached hydrogens (tertiary/aromatic N) is 1. The molecule has 4 heteroatoms. The largest absolute Gasteiger partial charge is 0.395 e. The standard InChI is InChI=1S/C24H47NO3/c1-3-5-7-9-11-13-15-17-23(27)21-25(19-20-26)22-24(28)18-16-14-12-10-8-6-4-2/h3-4,23-24,26-28H,1-2,5-22H2. The lowest BCUT2D eigenvalue weighted by Gasteiger charge is -2.26. The molecule has 0 fully saturated rings. The lowest BCUT2D eigenvalue weighted by Crippen LogP contribution is -2.39. The first-order chi connectivity index (χ1) is 13.6. The minimum Gasteiger partial charge on any atom is -0.395 e. The highest BCUT2D eigenvalue weighted by molar-refractivity contribution is 4.70. The van der Waals surface area contributed by atoms with Crippen LogP contribution in [0.3, 0.4) is 0 Å². The highest BCUT2D eigenvalue weighted by Crippen LogP contribution is 2.12. The van der Waals surface area contributed by atoms with E-state index in [1.807, 2.05) is 17.1 Å². The molecule has 0 heterocycles. The molecule has 0 saturated heterocycles. The van der Waals surface area contributed by atoms with Crippen LogP contribution < -0.4 is 0 Å². The molecule has 0 aromatic rings. The van der Waals surface area contributed by atoms with E-state index < -0.39 is 0 Å². The molecule has 166 valence electrons. The molecule has 2 unspecified atom stereocenters. The topological polar surface area (TPSA) is 63.9 Å². The van der Waals surface area contributed by atoms with Crippen molar-refractivity contribution in [2.45, 2.75) is 102 Å². The van der Waals surface area contributed by atoms with Crippen LogP contribution in [0, 0.1) is 0 Å². The highest BCUT2D eigenvalue weighted by atomic mass is 16.3. The molecule has 0 spiro atoms. The molecule has 0 bridgehead atoms. The van der Waals surface area contributed by atoms with Crippen molar-refractivity contribution in [1.29, 1.82) is 0 Å². The molecule has 3 N–H and O–H groups in total. The average Bonchev–Trinajstić information content (AvgIpc) is 2.66. The second kappa shape index (κ2) is 21.0. The van der Waals surface area contributed by atoms with Gasteiger partial charge in [-0.25, -0.2) is 0 Å². The van der Waals surface area contributed by atoms with Crippen LogP contribution in [0.4, 0.5) is 0 Å². The maximum atomic E-state index is 10.3. The second-order valence-electron chi connectivity index (χ2n) is 8.06. The van der Waals surface area contributed by atoms with Gasteiger partial charge < -0.3 is 15.3 Å². The number of allylic oxidation sites excluding steroid dienone is 2. The van der Waals surface area contributed by atoms with Crippen LogP contribution in [0.15, 0.2) is 25.3 Å². The Balaban J connectivity index is 3.83. The summed E-state index contributed by atoms with van der Waals surface area (Å²) in [5, 5.41) is 29.9. The molecule has 0 aromatic heterocycles. The van der Waals surface area contributed by atoms with Crippen LogP contribution in [0.5, 0.6) is 0 Å². The van der Waals surface area contributed by atoms with E-state index >= 15 is 0 Å². The molecule has 0 aliphatic carbocycles. The number of hydrogen-bond donors (Lipinski definition) is 3. The van der Waals surface area contributed by atoms with Crippen molar-refractivity contribution in [2.24, 2.45) is 0 Å². The summed E-state index contributed by atoms with van der Waals surface area (Å²) in [6.45, 7) is 9.13. The quantitative estimate of drug-likeness (QED) is 0.181. The fourth-order valence-electron chi connectivity index (χ4n) is 3.58. The van der Waals surface area contributed by atoms with Crippen LogP contribution in [0.2, 0.25) is 0 Å². The smallest absolute Gasteiger partial charge is 0.0667 e. The number of aliphatic hydroxyl groups excluding tert-OH is 3. The molecule has 0 saturated carbocycles. The molecule has 0 aliphatic rings. The van der Waals surface area contributed by atoms with E-state index in [1.165, 1.54) is 38.5 Å². The van der Waals surface area contributed by atoms with Crippen LogP contribution >= 0.6 is 0 Å². The maximum Gasteiger partial charge on any atom is 0.0667 e. The molecule has 0 rings (SSSR count). The average molecular weight is 398 g/mol. The Morgan fingerprint density at radius 3 is 1.43 bits per heavy atom. The van der Waals surface area contributed by atoms with E-state index in [0.29, 0.717) is 19.6 Å². The zero-order valence-electron chi connectivity index (χ0n) is 18.2. The van der Waals surface area contributed by atoms with Crippen molar-refractivity contribution in [3.8, 4) is 0 Å². The van der Waals surface area contributed by atoms with E-state index in [0.717, 1.165) is 51.4 Å². The Hall–Kier alpha value is -0.680. The fourth-order valence-corrected chi connectivity index (χ4v) is 3.58. The normalized spacial score (nSPS) is 13.6. The Morgan fingerprint density at radius 2 is 1.04 bits per heavy atom. The van der Waals surface area contributed by atoms with Gasteiger partial charge in [0.2, 0.25) is 0 Å². The zero-order chi connectivity index (χ0) is 20.9. The third-order valence-corrected chi connectivity index (χ3v) is 5.25. The summed E-state index contributed by atoms with van der Waals surface area (Å²) in [5.41, 5.74) is 0. The lowest BCUT2D eigenvalue weighted by molar-refractivity contribution is 0.0519. The number of hydrogen-bond acceptors (Lipinski definition) is 4. The van der Waals surface area contributed by atoms with Gasteiger partial charge in [0.15, 0.2) is 0 Å². The molecular formula is C24H47NO3. The first-order valence-electron chi connectivity index (χ1n) is 11.5. The van der Waals surface area contributed by atoms with Crippen molar-refractivity contribution in [3.05, 3.63) is 25.3 Å². The third kappa shape index (κ3) is 18.7. The van der Waals surface area contributed by atoms with E-state index in [-0.39, 0.29) is 18.8 Å². The van der Waals surface area contributed by atoms with Crippen molar-refractivity contribution >= 4 is 0 Å². The predicted molar refractivity (Wildman–Crippen MR) is 121 cm³/mol. The second-order valence-corrected chi connectivity index (χ2v) is 8.06. The monoisotopic (exact) mass is 397 g/mol. The van der Waals surface area contributed by atoms with Crippen LogP contribution in [-0.2, 0) is 0 Å². The molecule has 0 aromatic carbocycles. The van der Waals surface area contributed by atoms with Gasteiger partial charge in [0, 0.05) is 19.6 Å². The Kier molecular flexibility index (Phi) is 20.5. The third-order valence-electron chi connectivity index (χ3n) is 5.25. The van der Waals surface area contributed by atoms with Gasteiger partial charge in [-0.1, -0.05) is 63.5 Å². The van der Waals surface area contributed by atoms with E-state index in [4.69, 9.17) is 0 Å². The van der Waals surface area contributed by atoms with Gasteiger partial charge in [-0.15, -0.1) is 13.2 Å². The summed E-state index contributed by atoms with van der Waals surface area (Å²) in [6, 6.07) is 0. The Bertz CT molecular complexity index is 319. The summed E-state index contributed by atoms with van der Waals surface area (Å²) in [6.07, 6.45) is 18.7. The number of rotatable bonds is 22. The first kappa shape index (κ1) is 27.3. The summed E-state index contributed by atoms with van der Waals surface area (Å²) in [4.78, 5) is 2.00. The van der Waals surface area contributed by atoms with Crippen molar-refractivity contribution < 1.29 is 15.3 Å². The van der Waals surface area contributed by atoms with Crippen molar-refractivity contribution in [1.82, 2.24) is 4.90 Å². The number of unbranched alkanes of at least 4 members (excludes halogenated alkanes) is 10. The van der Waals surface area contributed by atoms with Crippen molar-refractivity contribution in [3.63, 3.8) is 0 Å². The molecule has 0 radical (unpaired) electrons. The van der Waals surface area contributed by atoms with E-state index in [9.17, 15) is 15.3 Å². The minimum absolute atomic E-state index is 0.0616. The molecule has 2 atom stereocenters. The van der Waals surface area contributed by atoms with E-state index in [2.05, 4.69) is 13.2 Å². The molecule has 4 nitrogen and oxygen atoms in total. The molecule has 0 amide bonds. The van der Waals surface area contributed by atoms with Gasteiger partial charge in [0.05, 0.1) is 18.8 Å². The summed E-state index contributed by atoms with van der Waals surface area (Å²) >= 11 is 0. The summed E-state index contributed by atoms with van der Waals surface area (Å²) in [7, 11) is 0. The van der Waals surface area contributed by atoms with E-state index in [1.54, 1.807) is 0 Å². The lowest BCUT2D eigenvalue weighted by atomic mass is 10.1. The maximum absolute atomic E-state index is 10.3. The van der Waals surface area contributed by atoms with Gasteiger partial charge in [-0.2, -0.15) is 0 Å². The molecular weight excluding hydrogens is 350 g/mol. The summed E-state index contributed by atoms with van der Waals surface area (Å²) in [5.74, 6) is 0. The Labute approximate surface area is 174 Å². The SMILES string of the molecule is C=CCCCCCCCC(O)CN(CCO)CC(O)CCCCCCCC=C.